The van der Waals surface area contributed by atoms with E-state index in [1.807, 2.05) is 6.92 Å². The number of halogens is 2. The first kappa shape index (κ1) is 24.0. The highest BCUT2D eigenvalue weighted by molar-refractivity contribution is 9.10. The smallest absolute Gasteiger partial charge is 0.325 e. The van der Waals surface area contributed by atoms with Gasteiger partial charge in [-0.1, -0.05) is 11.6 Å². The van der Waals surface area contributed by atoms with Crippen LogP contribution in [0.5, 0.6) is 11.5 Å². The van der Waals surface area contributed by atoms with Gasteiger partial charge in [0.15, 0.2) is 16.6 Å². The Morgan fingerprint density at radius 1 is 1.22 bits per heavy atom. The largest absolute Gasteiger partial charge is 0.492 e. The van der Waals surface area contributed by atoms with Crippen LogP contribution in [0, 0.1) is 0 Å². The number of hydrogen-bond acceptors (Lipinski definition) is 6. The Balaban J connectivity index is 2.09. The highest BCUT2D eigenvalue weighted by Crippen LogP contribution is 2.38. The number of methoxy groups -OCH3 is 2. The minimum Gasteiger partial charge on any atom is -0.492 e. The summed E-state index contributed by atoms with van der Waals surface area (Å²) in [6.07, 6.45) is 1.64. The second kappa shape index (κ2) is 10.3. The van der Waals surface area contributed by atoms with Crippen LogP contribution in [0.15, 0.2) is 46.6 Å². The molecule has 0 aromatic heterocycles. The minimum absolute atomic E-state index is 0.159. The molecule has 1 aliphatic rings. The number of nitrogens with zero attached hydrogens (tertiary/aromatic N) is 2. The normalized spacial score (nSPS) is 14.8. The van der Waals surface area contributed by atoms with Gasteiger partial charge in [-0.25, -0.2) is 0 Å². The molecular formula is C22H20BrClN2O5S. The van der Waals surface area contributed by atoms with E-state index in [0.29, 0.717) is 38.9 Å². The Hall–Kier alpha value is -2.62. The van der Waals surface area contributed by atoms with Gasteiger partial charge in [0.05, 0.1) is 31.0 Å². The molecule has 32 heavy (non-hydrogen) atoms. The second-order valence-electron chi connectivity index (χ2n) is 6.56. The average Bonchev–Trinajstić information content (AvgIpc) is 2.98. The zero-order chi connectivity index (χ0) is 23.4. The van der Waals surface area contributed by atoms with Gasteiger partial charge in [-0.15, -0.1) is 0 Å². The molecule has 0 aliphatic carbocycles. The first-order valence-corrected chi connectivity index (χ1v) is 11.1. The molecule has 0 radical (unpaired) electrons. The summed E-state index contributed by atoms with van der Waals surface area (Å²) in [5, 5.41) is 0.687. The summed E-state index contributed by atoms with van der Waals surface area (Å²) in [4.78, 5) is 28.2. The van der Waals surface area contributed by atoms with Gasteiger partial charge in [-0.2, -0.15) is 0 Å². The fourth-order valence-corrected chi connectivity index (χ4v) is 4.23. The molecular weight excluding hydrogens is 520 g/mol. The van der Waals surface area contributed by atoms with E-state index < -0.39 is 5.97 Å². The van der Waals surface area contributed by atoms with Gasteiger partial charge in [0.1, 0.15) is 12.2 Å². The Bertz CT molecular complexity index is 1090. The molecule has 1 amide bonds. The van der Waals surface area contributed by atoms with Crippen LogP contribution in [0.3, 0.4) is 0 Å². The number of hydrogen-bond donors (Lipinski definition) is 0. The fraction of sp³-hybridized carbons (Fsp3) is 0.227. The highest BCUT2D eigenvalue weighted by Gasteiger charge is 2.40. The molecule has 0 spiro atoms. The van der Waals surface area contributed by atoms with Gasteiger partial charge in [-0.3, -0.25) is 14.5 Å². The van der Waals surface area contributed by atoms with Crippen molar-refractivity contribution < 1.29 is 23.8 Å². The third kappa shape index (κ3) is 4.90. The van der Waals surface area contributed by atoms with Crippen LogP contribution >= 0.6 is 39.7 Å². The second-order valence-corrected chi connectivity index (χ2v) is 8.21. The van der Waals surface area contributed by atoms with Gasteiger partial charge in [0.25, 0.3) is 5.91 Å². The lowest BCUT2D eigenvalue weighted by Crippen LogP contribution is -2.35. The van der Waals surface area contributed by atoms with Crippen molar-refractivity contribution in [3.05, 3.63) is 57.2 Å². The van der Waals surface area contributed by atoms with Crippen LogP contribution < -0.4 is 14.4 Å². The van der Waals surface area contributed by atoms with Crippen LogP contribution in [-0.2, 0) is 14.3 Å². The molecule has 0 unspecified atom stereocenters. The standard InChI is InChI=1S/C22H20BrClN2O5S/c1-4-31-18-11-13(9-16(23)20(18)30-3)10-17-21(28)26(15-7-5-14(24)6-8-15)22(32)25(17)12-19(27)29-2/h5-11H,4,12H2,1-3H3/b17-10-. The van der Waals surface area contributed by atoms with Gasteiger partial charge < -0.3 is 19.1 Å². The maximum Gasteiger partial charge on any atom is 0.325 e. The van der Waals surface area contributed by atoms with E-state index in [0.717, 1.165) is 0 Å². The Morgan fingerprint density at radius 3 is 2.50 bits per heavy atom. The lowest BCUT2D eigenvalue weighted by atomic mass is 10.1. The van der Waals surface area contributed by atoms with Crippen LogP contribution in [-0.4, -0.2) is 49.3 Å². The predicted octanol–water partition coefficient (Wildman–Crippen LogP) is 4.66. The Labute approximate surface area is 204 Å². The molecule has 2 aromatic carbocycles. The molecule has 0 saturated carbocycles. The molecule has 1 aliphatic heterocycles. The summed E-state index contributed by atoms with van der Waals surface area (Å²) in [6.45, 7) is 2.08. The number of ether oxygens (including phenoxy) is 3. The van der Waals surface area contributed by atoms with E-state index in [1.165, 1.54) is 16.9 Å². The fourth-order valence-electron chi connectivity index (χ4n) is 3.13. The highest BCUT2D eigenvalue weighted by atomic mass is 79.9. The topological polar surface area (TPSA) is 68.3 Å². The summed E-state index contributed by atoms with van der Waals surface area (Å²) < 4.78 is 16.5. The Morgan fingerprint density at radius 2 is 1.91 bits per heavy atom. The van der Waals surface area contributed by atoms with E-state index in [1.54, 1.807) is 49.6 Å². The summed E-state index contributed by atoms with van der Waals surface area (Å²) in [7, 11) is 2.82. The van der Waals surface area contributed by atoms with Crippen molar-refractivity contribution in [3.63, 3.8) is 0 Å². The van der Waals surface area contributed by atoms with Crippen LogP contribution in [0.2, 0.25) is 5.02 Å². The third-order valence-electron chi connectivity index (χ3n) is 4.57. The zero-order valence-electron chi connectivity index (χ0n) is 17.6. The van der Waals surface area contributed by atoms with Gasteiger partial charge in [0, 0.05) is 5.02 Å². The van der Waals surface area contributed by atoms with E-state index >= 15 is 0 Å². The van der Waals surface area contributed by atoms with Crippen LogP contribution in [0.4, 0.5) is 5.69 Å². The van der Waals surface area contributed by atoms with Crippen molar-refractivity contribution in [3.8, 4) is 11.5 Å². The summed E-state index contributed by atoms with van der Waals surface area (Å²) in [5.74, 6) is 0.135. The molecule has 0 atom stereocenters. The summed E-state index contributed by atoms with van der Waals surface area (Å²) in [6, 6.07) is 10.2. The Kier molecular flexibility index (Phi) is 7.76. The number of rotatable bonds is 7. The SMILES string of the molecule is CCOc1cc(/C=C2/C(=O)N(c3ccc(Cl)cc3)C(=S)N2CC(=O)OC)cc(Br)c1OC. The summed E-state index contributed by atoms with van der Waals surface area (Å²) in [5.41, 5.74) is 1.41. The van der Waals surface area contributed by atoms with Crippen LogP contribution in [0.1, 0.15) is 12.5 Å². The van der Waals surface area contributed by atoms with E-state index in [9.17, 15) is 9.59 Å². The number of benzene rings is 2. The minimum atomic E-state index is -0.532. The van der Waals surface area contributed by atoms with Gasteiger partial charge >= 0.3 is 5.97 Å². The number of carbonyl (C=O) groups is 2. The number of anilines is 1. The first-order valence-electron chi connectivity index (χ1n) is 9.51. The predicted molar refractivity (Wildman–Crippen MR) is 130 cm³/mol. The maximum absolute atomic E-state index is 13.4. The monoisotopic (exact) mass is 538 g/mol. The van der Waals surface area contributed by atoms with E-state index in [2.05, 4.69) is 15.9 Å². The molecule has 3 rings (SSSR count). The molecule has 0 bridgehead atoms. The maximum atomic E-state index is 13.4. The van der Waals surface area contributed by atoms with Crippen molar-refractivity contribution >= 4 is 68.5 Å². The van der Waals surface area contributed by atoms with Crippen molar-refractivity contribution in [1.82, 2.24) is 4.90 Å². The molecule has 7 nitrogen and oxygen atoms in total. The number of carbonyl (C=O) groups excluding carboxylic acids is 2. The number of thiocarbonyl (C=S) groups is 1. The molecule has 0 N–H and O–H groups in total. The van der Waals surface area contributed by atoms with Gasteiger partial charge in [-0.05, 0) is 83.1 Å². The molecule has 10 heteroatoms. The van der Waals surface area contributed by atoms with Crippen LogP contribution in [0.25, 0.3) is 6.08 Å². The molecule has 168 valence electrons. The third-order valence-corrected chi connectivity index (χ3v) is 5.82. The molecule has 2 aromatic rings. The average molecular weight is 540 g/mol. The van der Waals surface area contributed by atoms with Crippen molar-refractivity contribution in [2.75, 3.05) is 32.3 Å². The zero-order valence-corrected chi connectivity index (χ0v) is 20.7. The van der Waals surface area contributed by atoms with E-state index in [-0.39, 0.29) is 23.3 Å². The summed E-state index contributed by atoms with van der Waals surface area (Å²) >= 11 is 15.0. The quantitative estimate of drug-likeness (QED) is 0.288. The lowest BCUT2D eigenvalue weighted by Gasteiger charge is -2.19. The molecule has 1 heterocycles. The lowest BCUT2D eigenvalue weighted by molar-refractivity contribution is -0.140. The first-order chi connectivity index (χ1) is 15.3. The molecule has 1 fully saturated rings. The number of esters is 1. The molecule has 1 saturated heterocycles. The van der Waals surface area contributed by atoms with Crippen molar-refractivity contribution in [1.29, 1.82) is 0 Å². The van der Waals surface area contributed by atoms with E-state index in [4.69, 9.17) is 38.0 Å². The van der Waals surface area contributed by atoms with Crippen molar-refractivity contribution in [2.24, 2.45) is 0 Å². The number of amides is 1. The van der Waals surface area contributed by atoms with Gasteiger partial charge in [0.2, 0.25) is 0 Å². The van der Waals surface area contributed by atoms with Crippen molar-refractivity contribution in [2.45, 2.75) is 6.92 Å².